The van der Waals surface area contributed by atoms with E-state index >= 15 is 0 Å². The zero-order valence-corrected chi connectivity index (χ0v) is 21.0. The van der Waals surface area contributed by atoms with Gasteiger partial charge in [-0.1, -0.05) is 22.9 Å². The van der Waals surface area contributed by atoms with E-state index in [0.717, 1.165) is 16.8 Å². The molecule has 6 nitrogen and oxygen atoms in total. The number of rotatable bonds is 5. The van der Waals surface area contributed by atoms with Gasteiger partial charge in [-0.05, 0) is 68.5 Å². The Morgan fingerprint density at radius 2 is 1.88 bits per heavy atom. The maximum absolute atomic E-state index is 12.9. The second-order valence-corrected chi connectivity index (χ2v) is 11.8. The van der Waals surface area contributed by atoms with Crippen LogP contribution in [0.2, 0.25) is 5.02 Å². The molecule has 0 spiro atoms. The molecule has 2 aromatic carbocycles. The first-order chi connectivity index (χ1) is 15.3. The number of nitrogens with zero attached hydrogens (tertiary/aromatic N) is 3. The summed E-state index contributed by atoms with van der Waals surface area (Å²) < 4.78 is 30.3. The molecule has 1 aliphatic rings. The molecule has 0 bridgehead atoms. The van der Waals surface area contributed by atoms with Gasteiger partial charge in [-0.3, -0.25) is 4.79 Å². The zero-order chi connectivity index (χ0) is 22.9. The maximum Gasteiger partial charge on any atom is 0.251 e. The van der Waals surface area contributed by atoms with E-state index in [4.69, 9.17) is 11.6 Å². The summed E-state index contributed by atoms with van der Waals surface area (Å²) in [5.41, 5.74) is 1.07. The Kier molecular flexibility index (Phi) is 7.11. The van der Waals surface area contributed by atoms with E-state index in [2.05, 4.69) is 27.8 Å². The predicted octanol–water partition coefficient (Wildman–Crippen LogP) is 4.63. The Labute approximate surface area is 201 Å². The molecule has 1 fully saturated rings. The van der Waals surface area contributed by atoms with Crippen molar-refractivity contribution in [3.05, 3.63) is 52.3 Å². The third-order valence-corrected chi connectivity index (χ3v) is 9.60. The summed E-state index contributed by atoms with van der Waals surface area (Å²) in [7, 11) is -3.59. The minimum atomic E-state index is -3.59. The van der Waals surface area contributed by atoms with Gasteiger partial charge in [0.05, 0.1) is 15.1 Å². The SMILES string of the molecule is CCn1c(=NC(=O)C2CCN(S(=O)(=O)c3ccc(Cl)cc3)CC2)sc2cc(SC)ccc21. The predicted molar refractivity (Wildman–Crippen MR) is 131 cm³/mol. The van der Waals surface area contributed by atoms with Gasteiger partial charge in [-0.15, -0.1) is 11.8 Å². The molecule has 3 aromatic rings. The number of carbonyl (C=O) groups excluding carboxylic acids is 1. The van der Waals surface area contributed by atoms with Crippen molar-refractivity contribution in [2.75, 3.05) is 19.3 Å². The second-order valence-electron chi connectivity index (χ2n) is 7.54. The van der Waals surface area contributed by atoms with Crippen LogP contribution >= 0.6 is 34.7 Å². The van der Waals surface area contributed by atoms with Crippen molar-refractivity contribution >= 4 is 60.8 Å². The summed E-state index contributed by atoms with van der Waals surface area (Å²) in [6, 6.07) is 12.4. The molecular weight excluding hydrogens is 486 g/mol. The van der Waals surface area contributed by atoms with Crippen molar-refractivity contribution in [2.24, 2.45) is 10.9 Å². The third kappa shape index (κ3) is 4.68. The van der Waals surface area contributed by atoms with Crippen LogP contribution in [0.4, 0.5) is 0 Å². The fraction of sp³-hybridized carbons (Fsp3) is 0.364. The molecule has 0 N–H and O–H groups in total. The van der Waals surface area contributed by atoms with Crippen LogP contribution in [0.5, 0.6) is 0 Å². The monoisotopic (exact) mass is 509 g/mol. The molecule has 10 heteroatoms. The number of aromatic nitrogens is 1. The summed E-state index contributed by atoms with van der Waals surface area (Å²) in [6.45, 7) is 3.36. The molecule has 0 saturated carbocycles. The lowest BCUT2D eigenvalue weighted by atomic mass is 9.98. The first-order valence-electron chi connectivity index (χ1n) is 10.3. The number of hydrogen-bond acceptors (Lipinski definition) is 5. The number of halogens is 1. The van der Waals surface area contributed by atoms with Crippen molar-refractivity contribution in [3.63, 3.8) is 0 Å². The smallest absolute Gasteiger partial charge is 0.251 e. The topological polar surface area (TPSA) is 71.7 Å². The Morgan fingerprint density at radius 3 is 2.50 bits per heavy atom. The van der Waals surface area contributed by atoms with Crippen molar-refractivity contribution in [2.45, 2.75) is 36.1 Å². The highest BCUT2D eigenvalue weighted by Gasteiger charge is 2.32. The number of piperidine rings is 1. The number of sulfonamides is 1. The van der Waals surface area contributed by atoms with Crippen LogP contribution in [0.15, 0.2) is 57.2 Å². The fourth-order valence-corrected chi connectivity index (χ4v) is 7.10. The molecule has 1 amide bonds. The fourth-order valence-electron chi connectivity index (χ4n) is 3.86. The Morgan fingerprint density at radius 1 is 1.19 bits per heavy atom. The second kappa shape index (κ2) is 9.69. The highest BCUT2D eigenvalue weighted by atomic mass is 35.5. The molecule has 32 heavy (non-hydrogen) atoms. The van der Waals surface area contributed by atoms with Crippen molar-refractivity contribution < 1.29 is 13.2 Å². The first kappa shape index (κ1) is 23.5. The summed E-state index contributed by atoms with van der Waals surface area (Å²) in [5, 5.41) is 0.491. The van der Waals surface area contributed by atoms with Crippen molar-refractivity contribution in [3.8, 4) is 0 Å². The normalized spacial score (nSPS) is 16.7. The summed E-state index contributed by atoms with van der Waals surface area (Å²) in [5.74, 6) is -0.448. The van der Waals surface area contributed by atoms with Crippen molar-refractivity contribution in [1.82, 2.24) is 8.87 Å². The molecule has 1 aromatic heterocycles. The van der Waals surface area contributed by atoms with Gasteiger partial charge in [-0.25, -0.2) is 8.42 Å². The molecule has 1 aliphatic heterocycles. The van der Waals surface area contributed by atoms with Crippen molar-refractivity contribution in [1.29, 1.82) is 0 Å². The number of thioether (sulfide) groups is 1. The van der Waals surface area contributed by atoms with Gasteiger partial charge in [-0.2, -0.15) is 9.30 Å². The third-order valence-electron chi connectivity index (χ3n) is 5.67. The number of benzene rings is 2. The van der Waals surface area contributed by atoms with Gasteiger partial charge < -0.3 is 4.57 Å². The molecule has 1 saturated heterocycles. The standard InChI is InChI=1S/C22H24ClN3O3S3/c1-3-26-19-9-6-17(30-2)14-20(19)31-22(26)24-21(27)15-10-12-25(13-11-15)32(28,29)18-7-4-16(23)5-8-18/h4-9,14-15H,3,10-13H2,1-2H3. The summed E-state index contributed by atoms with van der Waals surface area (Å²) in [4.78, 5) is 19.5. The summed E-state index contributed by atoms with van der Waals surface area (Å²) >= 11 is 9.07. The van der Waals surface area contributed by atoms with Crippen LogP contribution in [0.1, 0.15) is 19.8 Å². The molecular formula is C22H24ClN3O3S3. The molecule has 2 heterocycles. The first-order valence-corrected chi connectivity index (χ1v) is 14.2. The van der Waals surface area contributed by atoms with E-state index in [1.54, 1.807) is 23.9 Å². The van der Waals surface area contributed by atoms with E-state index in [0.29, 0.717) is 35.8 Å². The van der Waals surface area contributed by atoms with E-state index in [1.165, 1.54) is 32.7 Å². The Hall–Kier alpha value is -1.65. The average Bonchev–Trinajstić information content (AvgIpc) is 3.15. The summed E-state index contributed by atoms with van der Waals surface area (Å²) in [6.07, 6.45) is 2.96. The highest BCUT2D eigenvalue weighted by molar-refractivity contribution is 7.98. The van der Waals surface area contributed by atoms with Gasteiger partial charge in [0.2, 0.25) is 10.0 Å². The van der Waals surface area contributed by atoms with Crippen LogP contribution < -0.4 is 4.80 Å². The quantitative estimate of drug-likeness (QED) is 0.470. The van der Waals surface area contributed by atoms with E-state index in [9.17, 15) is 13.2 Å². The minimum absolute atomic E-state index is 0.174. The minimum Gasteiger partial charge on any atom is -0.317 e. The lowest BCUT2D eigenvalue weighted by Gasteiger charge is -2.29. The van der Waals surface area contributed by atoms with E-state index in [1.807, 2.05) is 13.2 Å². The van der Waals surface area contributed by atoms with E-state index < -0.39 is 10.0 Å². The molecule has 0 unspecified atom stereocenters. The van der Waals surface area contributed by atoms with Gasteiger partial charge in [0, 0.05) is 35.5 Å². The molecule has 0 atom stereocenters. The number of fused-ring (bicyclic) bond motifs is 1. The van der Waals surface area contributed by atoms with Gasteiger partial charge in [0.15, 0.2) is 4.80 Å². The molecule has 4 rings (SSSR count). The van der Waals surface area contributed by atoms with E-state index in [-0.39, 0.29) is 16.7 Å². The van der Waals surface area contributed by atoms with Gasteiger partial charge >= 0.3 is 0 Å². The number of aryl methyl sites for hydroxylation is 1. The lowest BCUT2D eigenvalue weighted by Crippen LogP contribution is -2.40. The average molecular weight is 510 g/mol. The number of thiazole rings is 1. The highest BCUT2D eigenvalue weighted by Crippen LogP contribution is 2.26. The molecule has 170 valence electrons. The van der Waals surface area contributed by atoms with Crippen LogP contribution in [0, 0.1) is 5.92 Å². The van der Waals surface area contributed by atoms with Crippen LogP contribution in [-0.2, 0) is 21.4 Å². The maximum atomic E-state index is 12.9. The number of carbonyl (C=O) groups is 1. The van der Waals surface area contributed by atoms with Crippen LogP contribution in [0.3, 0.4) is 0 Å². The Bertz CT molecular complexity index is 1310. The van der Waals surface area contributed by atoms with Gasteiger partial charge in [0.25, 0.3) is 5.91 Å². The Balaban J connectivity index is 1.51. The number of hydrogen-bond donors (Lipinski definition) is 0. The van der Waals surface area contributed by atoms with Gasteiger partial charge in [0.1, 0.15) is 0 Å². The van der Waals surface area contributed by atoms with Crippen LogP contribution in [0.25, 0.3) is 10.2 Å². The van der Waals surface area contributed by atoms with Crippen LogP contribution in [-0.4, -0.2) is 42.5 Å². The number of amides is 1. The lowest BCUT2D eigenvalue weighted by molar-refractivity contribution is -0.122. The largest absolute Gasteiger partial charge is 0.317 e. The zero-order valence-electron chi connectivity index (χ0n) is 17.8. The molecule has 0 aliphatic carbocycles. The molecule has 0 radical (unpaired) electrons.